The van der Waals surface area contributed by atoms with Gasteiger partial charge < -0.3 is 19.8 Å². The van der Waals surface area contributed by atoms with Crippen LogP contribution < -0.4 is 5.32 Å². The van der Waals surface area contributed by atoms with Gasteiger partial charge in [-0.15, -0.1) is 0 Å². The van der Waals surface area contributed by atoms with Gasteiger partial charge in [0.15, 0.2) is 0 Å². The normalized spacial score (nSPS) is 12.2. The van der Waals surface area contributed by atoms with Gasteiger partial charge in [-0.1, -0.05) is 66.7 Å². The average Bonchev–Trinajstić information content (AvgIpc) is 3.34. The number of carbonyl (C=O) groups is 1. The molecule has 4 aromatic rings. The maximum absolute atomic E-state index is 12.7. The molecule has 2 N–H and O–H groups in total. The van der Waals surface area contributed by atoms with Crippen LogP contribution in [-0.2, 0) is 28.7 Å². The number of esters is 1. The number of hydrogen-bond donors (Lipinski definition) is 2. The van der Waals surface area contributed by atoms with E-state index in [1.54, 1.807) is 6.20 Å². The summed E-state index contributed by atoms with van der Waals surface area (Å²) >= 11 is 5.56. The largest absolute Gasteiger partial charge is 0.468 e. The highest BCUT2D eigenvalue weighted by Gasteiger charge is 2.21. The SMILES string of the molecule is CC(C)(C)OC(=O)c1c[nH]c2ccc(CCC(CCc3ccccc3)OC(=S)NCCc3ccccc3)cc12. The summed E-state index contributed by atoms with van der Waals surface area (Å²) in [6.45, 7) is 6.36. The van der Waals surface area contributed by atoms with Crippen molar-refractivity contribution < 1.29 is 14.3 Å². The Morgan fingerprint density at radius 1 is 0.872 bits per heavy atom. The third-order valence-electron chi connectivity index (χ3n) is 6.52. The first-order valence-electron chi connectivity index (χ1n) is 13.6. The van der Waals surface area contributed by atoms with E-state index in [2.05, 4.69) is 58.8 Å². The molecular formula is C33H38N2O3S. The Morgan fingerprint density at radius 3 is 2.13 bits per heavy atom. The lowest BCUT2D eigenvalue weighted by Crippen LogP contribution is -2.31. The first-order valence-corrected chi connectivity index (χ1v) is 14.0. The fourth-order valence-electron chi connectivity index (χ4n) is 4.53. The third kappa shape index (κ3) is 8.96. The number of ether oxygens (including phenoxy) is 2. The van der Waals surface area contributed by atoms with Crippen LogP contribution in [0.3, 0.4) is 0 Å². The number of nitrogens with one attached hydrogen (secondary N) is 2. The fraction of sp³-hybridized carbons (Fsp3) is 0.333. The molecule has 0 saturated heterocycles. The number of thiocarbonyl (C=S) groups is 1. The first kappa shape index (κ1) is 28.4. The summed E-state index contributed by atoms with van der Waals surface area (Å²) in [6.07, 6.45) is 5.97. The van der Waals surface area contributed by atoms with Crippen LogP contribution in [0.25, 0.3) is 10.9 Å². The minimum atomic E-state index is -0.546. The van der Waals surface area contributed by atoms with E-state index in [1.165, 1.54) is 11.1 Å². The van der Waals surface area contributed by atoms with Crippen molar-refractivity contribution in [1.82, 2.24) is 10.3 Å². The van der Waals surface area contributed by atoms with E-state index in [0.29, 0.717) is 10.7 Å². The molecule has 0 aliphatic heterocycles. The summed E-state index contributed by atoms with van der Waals surface area (Å²) < 4.78 is 11.9. The molecule has 1 heterocycles. The van der Waals surface area contributed by atoms with Gasteiger partial charge in [0.25, 0.3) is 5.17 Å². The van der Waals surface area contributed by atoms with Gasteiger partial charge in [0.1, 0.15) is 11.7 Å². The number of rotatable bonds is 11. The van der Waals surface area contributed by atoms with Crippen LogP contribution >= 0.6 is 12.2 Å². The van der Waals surface area contributed by atoms with Crippen LogP contribution in [0.2, 0.25) is 0 Å². The molecular weight excluding hydrogens is 504 g/mol. The highest BCUT2D eigenvalue weighted by atomic mass is 32.1. The fourth-order valence-corrected chi connectivity index (χ4v) is 4.77. The van der Waals surface area contributed by atoms with Crippen LogP contribution in [0.1, 0.15) is 60.7 Å². The molecule has 0 amide bonds. The lowest BCUT2D eigenvalue weighted by molar-refractivity contribution is 0.00718. The summed E-state index contributed by atoms with van der Waals surface area (Å²) in [5.74, 6) is -0.318. The molecule has 1 aromatic heterocycles. The van der Waals surface area contributed by atoms with Crippen molar-refractivity contribution in [2.24, 2.45) is 0 Å². The van der Waals surface area contributed by atoms with Crippen LogP contribution in [0.4, 0.5) is 0 Å². The summed E-state index contributed by atoms with van der Waals surface area (Å²) in [7, 11) is 0. The van der Waals surface area contributed by atoms with Crippen LogP contribution in [0.15, 0.2) is 85.1 Å². The maximum Gasteiger partial charge on any atom is 0.340 e. The van der Waals surface area contributed by atoms with Gasteiger partial charge in [0.05, 0.1) is 5.56 Å². The van der Waals surface area contributed by atoms with Crippen molar-refractivity contribution in [3.05, 3.63) is 107 Å². The highest BCUT2D eigenvalue weighted by Crippen LogP contribution is 2.24. The predicted octanol–water partition coefficient (Wildman–Crippen LogP) is 7.19. The summed E-state index contributed by atoms with van der Waals surface area (Å²) in [5, 5.41) is 4.59. The van der Waals surface area contributed by atoms with E-state index in [0.717, 1.165) is 55.1 Å². The Hall–Kier alpha value is -3.64. The third-order valence-corrected chi connectivity index (χ3v) is 6.76. The van der Waals surface area contributed by atoms with Crippen LogP contribution in [0.5, 0.6) is 0 Å². The smallest absolute Gasteiger partial charge is 0.340 e. The minimum absolute atomic E-state index is 0.0332. The number of hydrogen-bond acceptors (Lipinski definition) is 4. The lowest BCUT2D eigenvalue weighted by atomic mass is 9.99. The number of aryl methyl sites for hydroxylation is 2. The van der Waals surface area contributed by atoms with Crippen LogP contribution in [0, 0.1) is 0 Å². The van der Waals surface area contributed by atoms with Crippen LogP contribution in [-0.4, -0.2) is 34.4 Å². The number of aromatic nitrogens is 1. The molecule has 1 atom stereocenters. The van der Waals surface area contributed by atoms with Crippen molar-refractivity contribution in [2.75, 3.05) is 6.54 Å². The van der Waals surface area contributed by atoms with E-state index >= 15 is 0 Å². The quantitative estimate of drug-likeness (QED) is 0.155. The zero-order valence-electron chi connectivity index (χ0n) is 23.0. The molecule has 5 nitrogen and oxygen atoms in total. The van der Waals surface area contributed by atoms with Gasteiger partial charge in [0, 0.05) is 23.6 Å². The molecule has 3 aromatic carbocycles. The van der Waals surface area contributed by atoms with Gasteiger partial charge in [-0.25, -0.2) is 4.79 Å². The molecule has 0 saturated carbocycles. The molecule has 0 bridgehead atoms. The maximum atomic E-state index is 12.7. The molecule has 6 heteroatoms. The van der Waals surface area contributed by atoms with Gasteiger partial charge in [-0.3, -0.25) is 0 Å². The van der Waals surface area contributed by atoms with Crippen molar-refractivity contribution in [3.8, 4) is 0 Å². The van der Waals surface area contributed by atoms with E-state index in [-0.39, 0.29) is 12.1 Å². The molecule has 4 rings (SSSR count). The van der Waals surface area contributed by atoms with Crippen molar-refractivity contribution in [3.63, 3.8) is 0 Å². The zero-order valence-corrected chi connectivity index (χ0v) is 23.9. The zero-order chi connectivity index (χ0) is 27.7. The number of carbonyl (C=O) groups excluding carboxylic acids is 1. The van der Waals surface area contributed by atoms with E-state index in [1.807, 2.05) is 51.1 Å². The average molecular weight is 543 g/mol. The Balaban J connectivity index is 1.39. The molecule has 39 heavy (non-hydrogen) atoms. The first-order chi connectivity index (χ1) is 18.8. The number of H-pyrrole nitrogens is 1. The highest BCUT2D eigenvalue weighted by molar-refractivity contribution is 7.80. The summed E-state index contributed by atoms with van der Waals surface area (Å²) in [5.41, 5.74) is 4.62. The minimum Gasteiger partial charge on any atom is -0.468 e. The van der Waals surface area contributed by atoms with Gasteiger partial charge >= 0.3 is 5.97 Å². The Labute approximate surface area is 236 Å². The van der Waals surface area contributed by atoms with Crippen molar-refractivity contribution in [2.45, 2.75) is 64.6 Å². The number of benzene rings is 3. The number of aromatic amines is 1. The molecule has 1 unspecified atom stereocenters. The van der Waals surface area contributed by atoms with Gasteiger partial charge in [-0.2, -0.15) is 0 Å². The van der Waals surface area contributed by atoms with Crippen molar-refractivity contribution in [1.29, 1.82) is 0 Å². The predicted molar refractivity (Wildman–Crippen MR) is 162 cm³/mol. The van der Waals surface area contributed by atoms with E-state index in [4.69, 9.17) is 21.7 Å². The molecule has 204 valence electrons. The lowest BCUT2D eigenvalue weighted by Gasteiger charge is -2.21. The Morgan fingerprint density at radius 2 is 1.49 bits per heavy atom. The molecule has 0 radical (unpaired) electrons. The van der Waals surface area contributed by atoms with Gasteiger partial charge in [-0.05, 0) is 93.9 Å². The Bertz CT molecular complexity index is 1360. The standard InChI is InChI=1S/C33H38N2O3S/c1-33(2,3)38-31(36)29-23-35-30-19-16-26(22-28(29)30)15-18-27(17-14-24-10-6-4-7-11-24)37-32(39)34-21-20-25-12-8-5-9-13-25/h4-13,16,19,22-23,27,35H,14-15,17-18,20-21H2,1-3H3,(H,34,39). The molecule has 0 aliphatic rings. The monoisotopic (exact) mass is 542 g/mol. The summed E-state index contributed by atoms with van der Waals surface area (Å²) in [6, 6.07) is 27.0. The van der Waals surface area contributed by atoms with E-state index in [9.17, 15) is 4.79 Å². The molecule has 0 aliphatic carbocycles. The van der Waals surface area contributed by atoms with Gasteiger partial charge in [0.2, 0.25) is 0 Å². The molecule has 0 spiro atoms. The Kier molecular flexibility index (Phi) is 9.77. The second-order valence-electron chi connectivity index (χ2n) is 10.8. The van der Waals surface area contributed by atoms with Crippen molar-refractivity contribution >= 4 is 34.3 Å². The topological polar surface area (TPSA) is 63.4 Å². The number of fused-ring (bicyclic) bond motifs is 1. The van der Waals surface area contributed by atoms with E-state index < -0.39 is 5.60 Å². The summed E-state index contributed by atoms with van der Waals surface area (Å²) in [4.78, 5) is 15.9. The second-order valence-corrected chi connectivity index (χ2v) is 11.2. The molecule has 0 fully saturated rings. The second kappa shape index (κ2) is 13.4.